The number of hydrogen-bond donors (Lipinski definition) is 0. The number of ether oxygens (including phenoxy) is 1. The van der Waals surface area contributed by atoms with E-state index in [-0.39, 0.29) is 0 Å². The van der Waals surface area contributed by atoms with Crippen molar-refractivity contribution < 1.29 is 4.74 Å². The maximum Gasteiger partial charge on any atom is 0.0865 e. The minimum absolute atomic E-state index is 0.310. The van der Waals surface area contributed by atoms with Gasteiger partial charge in [-0.1, -0.05) is 62.7 Å². The van der Waals surface area contributed by atoms with E-state index in [2.05, 4.69) is 67.3 Å². The van der Waals surface area contributed by atoms with E-state index in [4.69, 9.17) is 4.74 Å². The van der Waals surface area contributed by atoms with E-state index >= 15 is 0 Å². The van der Waals surface area contributed by atoms with Gasteiger partial charge in [0.05, 0.1) is 24.7 Å². The first-order chi connectivity index (χ1) is 12.2. The Morgan fingerprint density at radius 2 is 1.88 bits per heavy atom. The molecular formula is C22H28N2O. The summed E-state index contributed by atoms with van der Waals surface area (Å²) in [6.07, 6.45) is 1.87. The van der Waals surface area contributed by atoms with Gasteiger partial charge in [0.15, 0.2) is 0 Å². The molecule has 0 bridgehead atoms. The van der Waals surface area contributed by atoms with E-state index in [0.717, 1.165) is 45.7 Å². The molecule has 3 heteroatoms. The van der Waals surface area contributed by atoms with Gasteiger partial charge >= 0.3 is 0 Å². The Bertz CT molecular complexity index is 740. The molecule has 2 unspecified atom stereocenters. The standard InChI is InChI=1S/C22H28N2O/c1-3-18(2)22(17-23,11-12-24-13-15-25-16-14-24)21-10-6-8-19-7-4-5-9-20(19)21/h4-10,18H,3,11-16H2,1-2H3. The lowest BCUT2D eigenvalue weighted by atomic mass is 9.67. The van der Waals surface area contributed by atoms with Crippen LogP contribution in [-0.2, 0) is 10.2 Å². The average Bonchev–Trinajstić information content (AvgIpc) is 2.69. The first-order valence-electron chi connectivity index (χ1n) is 9.41. The molecule has 0 aromatic heterocycles. The highest BCUT2D eigenvalue weighted by Crippen LogP contribution is 2.40. The van der Waals surface area contributed by atoms with Crippen molar-refractivity contribution in [2.45, 2.75) is 32.1 Å². The van der Waals surface area contributed by atoms with Crippen LogP contribution < -0.4 is 0 Å². The van der Waals surface area contributed by atoms with E-state index < -0.39 is 5.41 Å². The van der Waals surface area contributed by atoms with Crippen molar-refractivity contribution in [3.8, 4) is 6.07 Å². The molecule has 25 heavy (non-hydrogen) atoms. The fourth-order valence-electron chi connectivity index (χ4n) is 3.99. The number of benzene rings is 2. The maximum atomic E-state index is 10.3. The Hall–Kier alpha value is -1.89. The highest BCUT2D eigenvalue weighted by Gasteiger charge is 2.38. The van der Waals surface area contributed by atoms with E-state index in [9.17, 15) is 5.26 Å². The molecule has 1 aliphatic rings. The third-order valence-corrected chi connectivity index (χ3v) is 5.85. The monoisotopic (exact) mass is 336 g/mol. The first-order valence-corrected chi connectivity index (χ1v) is 9.41. The lowest BCUT2D eigenvalue weighted by Crippen LogP contribution is -2.41. The van der Waals surface area contributed by atoms with E-state index in [0.29, 0.717) is 5.92 Å². The SMILES string of the molecule is CCC(C)C(C#N)(CCN1CCOCC1)c1cccc2ccccc12. The van der Waals surface area contributed by atoms with Gasteiger partial charge in [0.1, 0.15) is 0 Å². The smallest absolute Gasteiger partial charge is 0.0865 e. The highest BCUT2D eigenvalue weighted by molar-refractivity contribution is 5.87. The van der Waals surface area contributed by atoms with Crippen molar-refractivity contribution in [3.05, 3.63) is 48.0 Å². The summed E-state index contributed by atoms with van der Waals surface area (Å²) in [4.78, 5) is 2.43. The molecule has 1 saturated heterocycles. The molecule has 0 amide bonds. The van der Waals surface area contributed by atoms with Gasteiger partial charge in [0, 0.05) is 19.6 Å². The predicted octanol–water partition coefficient (Wildman–Crippen LogP) is 4.37. The summed E-state index contributed by atoms with van der Waals surface area (Å²) in [5.41, 5.74) is 0.740. The molecule has 2 aromatic carbocycles. The van der Waals surface area contributed by atoms with Gasteiger partial charge in [-0.2, -0.15) is 5.26 Å². The molecule has 1 fully saturated rings. The molecule has 1 aliphatic heterocycles. The normalized spacial score (nSPS) is 19.2. The second-order valence-electron chi connectivity index (χ2n) is 7.12. The van der Waals surface area contributed by atoms with Crippen molar-refractivity contribution in [2.75, 3.05) is 32.8 Å². The van der Waals surface area contributed by atoms with Crippen molar-refractivity contribution in [2.24, 2.45) is 5.92 Å². The average molecular weight is 336 g/mol. The van der Waals surface area contributed by atoms with E-state index in [1.807, 2.05) is 0 Å². The number of nitriles is 1. The molecule has 0 aliphatic carbocycles. The van der Waals surface area contributed by atoms with E-state index in [1.165, 1.54) is 16.3 Å². The summed E-state index contributed by atoms with van der Waals surface area (Å²) in [7, 11) is 0. The molecule has 3 nitrogen and oxygen atoms in total. The number of fused-ring (bicyclic) bond motifs is 1. The Kier molecular flexibility index (Phi) is 5.73. The van der Waals surface area contributed by atoms with Crippen LogP contribution in [0.5, 0.6) is 0 Å². The van der Waals surface area contributed by atoms with Crippen LogP contribution in [0.1, 0.15) is 32.3 Å². The summed E-state index contributed by atoms with van der Waals surface area (Å²) >= 11 is 0. The topological polar surface area (TPSA) is 36.3 Å². The lowest BCUT2D eigenvalue weighted by molar-refractivity contribution is 0.0342. The minimum Gasteiger partial charge on any atom is -0.379 e. The number of rotatable bonds is 6. The van der Waals surface area contributed by atoms with Crippen molar-refractivity contribution in [1.29, 1.82) is 5.26 Å². The summed E-state index contributed by atoms with van der Waals surface area (Å²) in [5, 5.41) is 12.8. The van der Waals surface area contributed by atoms with Crippen LogP contribution in [0.3, 0.4) is 0 Å². The largest absolute Gasteiger partial charge is 0.379 e. The minimum atomic E-state index is -0.450. The molecule has 0 N–H and O–H groups in total. The molecule has 3 rings (SSSR count). The molecular weight excluding hydrogens is 308 g/mol. The van der Waals surface area contributed by atoms with Gasteiger partial charge in [-0.3, -0.25) is 4.90 Å². The van der Waals surface area contributed by atoms with Crippen LogP contribution in [0.4, 0.5) is 0 Å². The maximum absolute atomic E-state index is 10.3. The molecule has 132 valence electrons. The summed E-state index contributed by atoms with van der Waals surface area (Å²) in [6.45, 7) is 8.91. The van der Waals surface area contributed by atoms with Crippen LogP contribution >= 0.6 is 0 Å². The first kappa shape index (κ1) is 17.9. The third kappa shape index (κ3) is 3.56. The quantitative estimate of drug-likeness (QED) is 0.786. The summed E-state index contributed by atoms with van der Waals surface area (Å²) in [5.74, 6) is 0.310. The highest BCUT2D eigenvalue weighted by atomic mass is 16.5. The Morgan fingerprint density at radius 1 is 1.16 bits per heavy atom. The fourth-order valence-corrected chi connectivity index (χ4v) is 3.99. The van der Waals surface area contributed by atoms with Crippen LogP contribution in [0, 0.1) is 17.2 Å². The molecule has 0 radical (unpaired) electrons. The zero-order valence-electron chi connectivity index (χ0n) is 15.4. The molecule has 1 heterocycles. The second kappa shape index (κ2) is 7.99. The molecule has 0 spiro atoms. The van der Waals surface area contributed by atoms with Gasteiger partial charge in [-0.05, 0) is 28.7 Å². The Morgan fingerprint density at radius 3 is 2.60 bits per heavy atom. The van der Waals surface area contributed by atoms with Crippen LogP contribution in [0.15, 0.2) is 42.5 Å². The van der Waals surface area contributed by atoms with Crippen LogP contribution in [0.25, 0.3) is 10.8 Å². The Balaban J connectivity index is 1.99. The summed E-state index contributed by atoms with van der Waals surface area (Å²) in [6, 6.07) is 17.6. The number of nitrogens with zero attached hydrogens (tertiary/aromatic N) is 2. The Labute approximate surface area is 151 Å². The zero-order valence-corrected chi connectivity index (χ0v) is 15.4. The fraction of sp³-hybridized carbons (Fsp3) is 0.500. The van der Waals surface area contributed by atoms with Gasteiger partial charge in [0.25, 0.3) is 0 Å². The number of morpholine rings is 1. The third-order valence-electron chi connectivity index (χ3n) is 5.85. The van der Waals surface area contributed by atoms with Gasteiger partial charge in [-0.15, -0.1) is 0 Å². The van der Waals surface area contributed by atoms with Crippen molar-refractivity contribution in [1.82, 2.24) is 4.90 Å². The second-order valence-corrected chi connectivity index (χ2v) is 7.12. The molecule has 2 atom stereocenters. The summed E-state index contributed by atoms with van der Waals surface area (Å²) < 4.78 is 5.46. The van der Waals surface area contributed by atoms with Gasteiger partial charge < -0.3 is 4.74 Å². The van der Waals surface area contributed by atoms with E-state index in [1.54, 1.807) is 0 Å². The predicted molar refractivity (Wildman–Crippen MR) is 103 cm³/mol. The van der Waals surface area contributed by atoms with Crippen LogP contribution in [0.2, 0.25) is 0 Å². The zero-order chi connectivity index (χ0) is 17.7. The van der Waals surface area contributed by atoms with Crippen molar-refractivity contribution >= 4 is 10.8 Å². The van der Waals surface area contributed by atoms with Gasteiger partial charge in [0.2, 0.25) is 0 Å². The van der Waals surface area contributed by atoms with Crippen LogP contribution in [-0.4, -0.2) is 37.7 Å². The number of hydrogen-bond acceptors (Lipinski definition) is 3. The lowest BCUT2D eigenvalue weighted by Gasteiger charge is -2.36. The van der Waals surface area contributed by atoms with Crippen molar-refractivity contribution in [3.63, 3.8) is 0 Å². The molecule has 0 saturated carbocycles. The molecule has 2 aromatic rings. The van der Waals surface area contributed by atoms with Gasteiger partial charge in [-0.25, -0.2) is 0 Å².